The lowest BCUT2D eigenvalue weighted by molar-refractivity contribution is 1.65. The summed E-state index contributed by atoms with van der Waals surface area (Å²) in [6.45, 7) is 0. The van der Waals surface area contributed by atoms with E-state index < -0.39 is 0 Å². The molecule has 1 rings (SSSR count). The van der Waals surface area contributed by atoms with Gasteiger partial charge in [-0.15, -0.1) is 5.54 Å². The van der Waals surface area contributed by atoms with Crippen LogP contribution in [-0.2, 0) is 0 Å². The lowest BCUT2D eigenvalue weighted by Crippen LogP contribution is -1.80. The second-order valence-corrected chi connectivity index (χ2v) is 2.99. The molecule has 2 heteroatoms. The molecule has 0 fully saturated rings. The van der Waals surface area contributed by atoms with Crippen molar-refractivity contribution in [2.24, 2.45) is 0 Å². The van der Waals surface area contributed by atoms with E-state index >= 15 is 0 Å². The highest BCUT2D eigenvalue weighted by Gasteiger charge is 1.78. The van der Waals surface area contributed by atoms with Crippen molar-refractivity contribution in [1.29, 1.82) is 0 Å². The second-order valence-electron chi connectivity index (χ2n) is 1.74. The minimum Gasteiger partial charge on any atom is -0.135 e. The molecule has 0 aliphatic carbocycles. The van der Waals surface area contributed by atoms with Crippen LogP contribution in [0.15, 0.2) is 30.3 Å². The third kappa shape index (κ3) is 2.21. The first-order valence-electron chi connectivity index (χ1n) is 2.91. The topological polar surface area (TPSA) is 0 Å². The third-order valence-electron chi connectivity index (χ3n) is 1.04. The lowest BCUT2D eigenvalue weighted by Gasteiger charge is -1.84. The van der Waals surface area contributed by atoms with Gasteiger partial charge in [-0.25, -0.2) is 0 Å². The summed E-state index contributed by atoms with van der Waals surface area (Å²) in [5, 5.41) is 0. The predicted octanol–water partition coefficient (Wildman–Crippen LogP) is 0.783. The maximum Gasteiger partial charge on any atom is 0.125 e. The van der Waals surface area contributed by atoms with Gasteiger partial charge in [0.25, 0.3) is 0 Å². The van der Waals surface area contributed by atoms with Crippen LogP contribution in [0.4, 0.5) is 0 Å². The third-order valence-corrected chi connectivity index (χ3v) is 1.67. The summed E-state index contributed by atoms with van der Waals surface area (Å²) in [4.78, 5) is 0. The SMILES string of the molecule is [Si][Si]C#Cc1ccccc1. The van der Waals surface area contributed by atoms with E-state index in [0.29, 0.717) is 9.04 Å². The Balaban J connectivity index is 2.76. The molecule has 0 spiro atoms. The van der Waals surface area contributed by atoms with Crippen molar-refractivity contribution in [3.63, 3.8) is 0 Å². The van der Waals surface area contributed by atoms with Gasteiger partial charge in [0, 0.05) is 15.3 Å². The average molecular weight is 157 g/mol. The zero-order chi connectivity index (χ0) is 7.23. The number of rotatable bonds is 0. The Hall–Kier alpha value is -0.786. The van der Waals surface area contributed by atoms with E-state index in [0.717, 1.165) is 5.56 Å². The van der Waals surface area contributed by atoms with E-state index in [4.69, 9.17) is 0 Å². The highest BCUT2D eigenvalue weighted by Crippen LogP contribution is 1.93. The summed E-state index contributed by atoms with van der Waals surface area (Å²) in [5.74, 6) is 3.01. The van der Waals surface area contributed by atoms with Gasteiger partial charge in [-0.2, -0.15) is 0 Å². The highest BCUT2D eigenvalue weighted by atomic mass is 29.1. The maximum atomic E-state index is 3.30. The Kier molecular flexibility index (Phi) is 3.00. The molecule has 0 heterocycles. The van der Waals surface area contributed by atoms with Crippen LogP contribution < -0.4 is 0 Å². The fourth-order valence-electron chi connectivity index (χ4n) is 0.625. The summed E-state index contributed by atoms with van der Waals surface area (Å²) >= 11 is 0. The Morgan fingerprint density at radius 3 is 2.50 bits per heavy atom. The van der Waals surface area contributed by atoms with Crippen LogP contribution in [-0.4, -0.2) is 18.8 Å². The predicted molar refractivity (Wildman–Crippen MR) is 44.8 cm³/mol. The monoisotopic (exact) mass is 157 g/mol. The molecule has 0 saturated heterocycles. The quantitative estimate of drug-likeness (QED) is 0.386. The molecule has 0 bridgehead atoms. The van der Waals surface area contributed by atoms with Gasteiger partial charge >= 0.3 is 0 Å². The van der Waals surface area contributed by atoms with E-state index in [1.54, 1.807) is 0 Å². The van der Waals surface area contributed by atoms with Crippen LogP contribution in [0.1, 0.15) is 5.56 Å². The molecule has 0 aliphatic heterocycles. The van der Waals surface area contributed by atoms with Gasteiger partial charge in [-0.1, -0.05) is 24.1 Å². The van der Waals surface area contributed by atoms with Crippen molar-refractivity contribution < 1.29 is 0 Å². The molecule has 5 radical (unpaired) electrons. The molecule has 0 amide bonds. The van der Waals surface area contributed by atoms with Crippen molar-refractivity contribution in [3.8, 4) is 11.5 Å². The minimum absolute atomic E-state index is 0.528. The smallest absolute Gasteiger partial charge is 0.125 e. The van der Waals surface area contributed by atoms with Gasteiger partial charge in [0.05, 0.1) is 0 Å². The van der Waals surface area contributed by atoms with Crippen LogP contribution in [0.5, 0.6) is 0 Å². The normalized spacial score (nSPS) is 8.10. The van der Waals surface area contributed by atoms with E-state index in [9.17, 15) is 0 Å². The van der Waals surface area contributed by atoms with Crippen molar-refractivity contribution in [2.45, 2.75) is 0 Å². The molecule has 45 valence electrons. The fourth-order valence-corrected chi connectivity index (χ4v) is 1.02. The standard InChI is InChI=1S/C8H5Si2/c9-10-7-6-8-4-2-1-3-5-8/h1-5H. The van der Waals surface area contributed by atoms with Gasteiger partial charge in [0.2, 0.25) is 0 Å². The molecule has 0 N–H and O–H groups in total. The van der Waals surface area contributed by atoms with E-state index in [1.165, 1.54) is 0 Å². The van der Waals surface area contributed by atoms with Gasteiger partial charge in [0.15, 0.2) is 0 Å². The number of hydrogen-bond donors (Lipinski definition) is 0. The van der Waals surface area contributed by atoms with Crippen LogP contribution >= 0.6 is 0 Å². The Morgan fingerprint density at radius 1 is 1.20 bits per heavy atom. The van der Waals surface area contributed by atoms with E-state index in [1.807, 2.05) is 30.3 Å². The first kappa shape index (κ1) is 7.32. The highest BCUT2D eigenvalue weighted by molar-refractivity contribution is 6.94. The Labute approximate surface area is 66.7 Å². The zero-order valence-corrected chi connectivity index (χ0v) is 7.39. The summed E-state index contributed by atoms with van der Waals surface area (Å²) in [5.41, 5.74) is 4.03. The first-order valence-corrected chi connectivity index (χ1v) is 5.41. The van der Waals surface area contributed by atoms with Crippen LogP contribution in [0.3, 0.4) is 0 Å². The summed E-state index contributed by atoms with van der Waals surface area (Å²) in [6.07, 6.45) is 0. The largest absolute Gasteiger partial charge is 0.135 e. The van der Waals surface area contributed by atoms with E-state index in [-0.39, 0.29) is 0 Å². The number of hydrogen-bond acceptors (Lipinski definition) is 0. The zero-order valence-electron chi connectivity index (χ0n) is 5.39. The van der Waals surface area contributed by atoms with Gasteiger partial charge < -0.3 is 0 Å². The van der Waals surface area contributed by atoms with Crippen molar-refractivity contribution in [2.75, 3.05) is 0 Å². The molecule has 0 atom stereocenters. The van der Waals surface area contributed by atoms with Crippen LogP contribution in [0, 0.1) is 11.5 Å². The summed E-state index contributed by atoms with van der Waals surface area (Å²) < 4.78 is 0. The minimum atomic E-state index is 0.528. The van der Waals surface area contributed by atoms with Gasteiger partial charge in [-0.3, -0.25) is 0 Å². The second kappa shape index (κ2) is 4.10. The molecule has 1 aromatic rings. The first-order chi connectivity index (χ1) is 4.93. The van der Waals surface area contributed by atoms with Crippen LogP contribution in [0.25, 0.3) is 0 Å². The van der Waals surface area contributed by atoms with Crippen molar-refractivity contribution in [3.05, 3.63) is 35.9 Å². The van der Waals surface area contributed by atoms with Crippen molar-refractivity contribution >= 4 is 18.8 Å². The number of benzene rings is 1. The molecule has 0 aromatic heterocycles. The summed E-state index contributed by atoms with van der Waals surface area (Å²) in [7, 11) is 3.83. The summed E-state index contributed by atoms with van der Waals surface area (Å²) in [6, 6.07) is 9.96. The van der Waals surface area contributed by atoms with Gasteiger partial charge in [-0.05, 0) is 12.1 Å². The molecule has 0 saturated carbocycles. The average Bonchev–Trinajstić information content (AvgIpc) is 2.03. The molecular weight excluding hydrogens is 152 g/mol. The lowest BCUT2D eigenvalue weighted by atomic mass is 10.2. The fraction of sp³-hybridized carbons (Fsp3) is 0. The molecule has 0 unspecified atom stereocenters. The molecule has 0 aliphatic rings. The Morgan fingerprint density at radius 2 is 1.90 bits per heavy atom. The van der Waals surface area contributed by atoms with Crippen molar-refractivity contribution in [1.82, 2.24) is 0 Å². The molecular formula is C8H5Si2. The maximum absolute atomic E-state index is 3.30. The van der Waals surface area contributed by atoms with E-state index in [2.05, 4.69) is 21.2 Å². The Bertz CT molecular complexity index is 243. The molecule has 10 heavy (non-hydrogen) atoms. The molecule has 1 aromatic carbocycles. The molecule has 0 nitrogen and oxygen atoms in total. The van der Waals surface area contributed by atoms with Gasteiger partial charge in [0.1, 0.15) is 9.04 Å². The van der Waals surface area contributed by atoms with Crippen LogP contribution in [0.2, 0.25) is 0 Å².